The van der Waals surface area contributed by atoms with E-state index in [0.717, 1.165) is 0 Å². The number of aromatic amines is 1. The Morgan fingerprint density at radius 2 is 2.62 bits per heavy atom. The number of nitrogens with one attached hydrogen (secondary N) is 1. The molecule has 0 aromatic carbocycles. The number of rotatable bonds is 1. The number of carbonyl (C=O) groups excluding carboxylic acids is 1. The third kappa shape index (κ3) is 1.55. The SMILES string of the molecule is O=C(c1cn[nH]c1)N1CCC(O)C1. The van der Waals surface area contributed by atoms with Gasteiger partial charge >= 0.3 is 0 Å². The maximum atomic E-state index is 11.6. The molecule has 0 spiro atoms. The van der Waals surface area contributed by atoms with Crippen LogP contribution in [0.15, 0.2) is 12.4 Å². The number of nitrogens with zero attached hydrogens (tertiary/aromatic N) is 2. The molecule has 5 nitrogen and oxygen atoms in total. The van der Waals surface area contributed by atoms with Crippen LogP contribution in [0.25, 0.3) is 0 Å². The zero-order chi connectivity index (χ0) is 9.26. The van der Waals surface area contributed by atoms with E-state index in [0.29, 0.717) is 25.1 Å². The Labute approximate surface area is 75.4 Å². The first-order valence-electron chi connectivity index (χ1n) is 4.23. The van der Waals surface area contributed by atoms with E-state index in [-0.39, 0.29) is 12.0 Å². The normalized spacial score (nSPS) is 22.2. The first-order valence-corrected chi connectivity index (χ1v) is 4.23. The highest BCUT2D eigenvalue weighted by Crippen LogP contribution is 2.12. The molecule has 70 valence electrons. The van der Waals surface area contributed by atoms with Gasteiger partial charge in [0.1, 0.15) is 0 Å². The topological polar surface area (TPSA) is 69.2 Å². The molecule has 1 amide bonds. The van der Waals surface area contributed by atoms with E-state index in [9.17, 15) is 9.90 Å². The largest absolute Gasteiger partial charge is 0.391 e. The molecule has 1 aromatic heterocycles. The van der Waals surface area contributed by atoms with Crippen molar-refractivity contribution in [2.75, 3.05) is 13.1 Å². The van der Waals surface area contributed by atoms with Crippen LogP contribution in [0.3, 0.4) is 0 Å². The standard InChI is InChI=1S/C8H11N3O2/c12-7-1-2-11(5-7)8(13)6-3-9-10-4-6/h3-4,7,12H,1-2,5H2,(H,9,10). The summed E-state index contributed by atoms with van der Waals surface area (Å²) in [4.78, 5) is 13.2. The number of H-pyrrole nitrogens is 1. The van der Waals surface area contributed by atoms with Gasteiger partial charge < -0.3 is 10.0 Å². The smallest absolute Gasteiger partial charge is 0.257 e. The first-order chi connectivity index (χ1) is 6.27. The number of aromatic nitrogens is 2. The van der Waals surface area contributed by atoms with Crippen LogP contribution >= 0.6 is 0 Å². The minimum Gasteiger partial charge on any atom is -0.391 e. The van der Waals surface area contributed by atoms with E-state index >= 15 is 0 Å². The summed E-state index contributed by atoms with van der Waals surface area (Å²) in [6.45, 7) is 1.06. The van der Waals surface area contributed by atoms with Gasteiger partial charge in [0.25, 0.3) is 5.91 Å². The van der Waals surface area contributed by atoms with Crippen LogP contribution in [0, 0.1) is 0 Å². The van der Waals surface area contributed by atoms with Crippen molar-refractivity contribution in [3.05, 3.63) is 18.0 Å². The second-order valence-electron chi connectivity index (χ2n) is 3.18. The van der Waals surface area contributed by atoms with Crippen molar-refractivity contribution >= 4 is 5.91 Å². The van der Waals surface area contributed by atoms with Crippen molar-refractivity contribution in [1.82, 2.24) is 15.1 Å². The Hall–Kier alpha value is -1.36. The van der Waals surface area contributed by atoms with Gasteiger partial charge in [-0.2, -0.15) is 5.10 Å². The molecular weight excluding hydrogens is 170 g/mol. The fourth-order valence-corrected chi connectivity index (χ4v) is 1.48. The average Bonchev–Trinajstić information content (AvgIpc) is 2.72. The van der Waals surface area contributed by atoms with Gasteiger partial charge in [-0.15, -0.1) is 0 Å². The Balaban J connectivity index is 2.06. The molecular formula is C8H11N3O2. The molecule has 2 heterocycles. The Morgan fingerprint density at radius 3 is 3.15 bits per heavy atom. The van der Waals surface area contributed by atoms with Crippen molar-refractivity contribution in [2.45, 2.75) is 12.5 Å². The summed E-state index contributed by atoms with van der Waals surface area (Å²) in [5, 5.41) is 15.5. The highest BCUT2D eigenvalue weighted by molar-refractivity contribution is 5.93. The Kier molecular flexibility index (Phi) is 2.02. The molecule has 1 aliphatic rings. The minimum atomic E-state index is -0.365. The number of hydrogen-bond acceptors (Lipinski definition) is 3. The van der Waals surface area contributed by atoms with E-state index in [2.05, 4.69) is 10.2 Å². The van der Waals surface area contributed by atoms with Crippen LogP contribution in [0.5, 0.6) is 0 Å². The predicted octanol–water partition coefficient (Wildman–Crippen LogP) is -0.383. The maximum absolute atomic E-state index is 11.6. The molecule has 0 bridgehead atoms. The zero-order valence-electron chi connectivity index (χ0n) is 7.10. The molecule has 5 heteroatoms. The van der Waals surface area contributed by atoms with Crippen LogP contribution in [-0.2, 0) is 0 Å². The van der Waals surface area contributed by atoms with E-state index in [1.54, 1.807) is 11.1 Å². The lowest BCUT2D eigenvalue weighted by Crippen LogP contribution is -2.29. The molecule has 2 rings (SSSR count). The monoisotopic (exact) mass is 181 g/mol. The molecule has 1 atom stereocenters. The zero-order valence-corrected chi connectivity index (χ0v) is 7.10. The number of aliphatic hydroxyl groups is 1. The molecule has 13 heavy (non-hydrogen) atoms. The molecule has 0 saturated carbocycles. The number of aliphatic hydroxyl groups excluding tert-OH is 1. The van der Waals surface area contributed by atoms with Gasteiger partial charge in [-0.1, -0.05) is 0 Å². The van der Waals surface area contributed by atoms with Crippen molar-refractivity contribution < 1.29 is 9.90 Å². The molecule has 0 aliphatic carbocycles. The van der Waals surface area contributed by atoms with Gasteiger partial charge in [0, 0.05) is 19.3 Å². The Morgan fingerprint density at radius 1 is 1.77 bits per heavy atom. The highest BCUT2D eigenvalue weighted by Gasteiger charge is 2.25. The molecule has 1 aliphatic heterocycles. The first kappa shape index (κ1) is 8.25. The van der Waals surface area contributed by atoms with Crippen LogP contribution in [0.2, 0.25) is 0 Å². The summed E-state index contributed by atoms with van der Waals surface area (Å²) >= 11 is 0. The van der Waals surface area contributed by atoms with Crippen molar-refractivity contribution in [1.29, 1.82) is 0 Å². The summed E-state index contributed by atoms with van der Waals surface area (Å²) in [5.74, 6) is -0.0645. The molecule has 1 saturated heterocycles. The van der Waals surface area contributed by atoms with Gasteiger partial charge in [-0.3, -0.25) is 9.89 Å². The van der Waals surface area contributed by atoms with Crippen LogP contribution in [0.4, 0.5) is 0 Å². The third-order valence-electron chi connectivity index (χ3n) is 2.20. The number of likely N-dealkylation sites (tertiary alicyclic amines) is 1. The molecule has 1 aromatic rings. The van der Waals surface area contributed by atoms with E-state index in [4.69, 9.17) is 0 Å². The minimum absolute atomic E-state index is 0.0645. The summed E-state index contributed by atoms with van der Waals surface area (Å²) in [7, 11) is 0. The van der Waals surface area contributed by atoms with Gasteiger partial charge in [-0.25, -0.2) is 0 Å². The summed E-state index contributed by atoms with van der Waals surface area (Å²) in [5.41, 5.74) is 0.550. The van der Waals surface area contributed by atoms with E-state index in [1.165, 1.54) is 6.20 Å². The van der Waals surface area contributed by atoms with Gasteiger partial charge in [0.05, 0.1) is 17.9 Å². The van der Waals surface area contributed by atoms with Crippen molar-refractivity contribution in [2.24, 2.45) is 0 Å². The van der Waals surface area contributed by atoms with Crippen LogP contribution in [-0.4, -0.2) is 45.3 Å². The summed E-state index contributed by atoms with van der Waals surface area (Å²) in [6.07, 6.45) is 3.36. The lowest BCUT2D eigenvalue weighted by molar-refractivity contribution is 0.0765. The second-order valence-corrected chi connectivity index (χ2v) is 3.18. The van der Waals surface area contributed by atoms with E-state index in [1.807, 2.05) is 0 Å². The van der Waals surface area contributed by atoms with Gasteiger partial charge in [0.15, 0.2) is 0 Å². The number of hydrogen-bond donors (Lipinski definition) is 2. The predicted molar refractivity (Wildman–Crippen MR) is 45.1 cm³/mol. The Bertz CT molecular complexity index is 296. The number of amides is 1. The molecule has 0 radical (unpaired) electrons. The maximum Gasteiger partial charge on any atom is 0.257 e. The molecule has 1 unspecified atom stereocenters. The quantitative estimate of drug-likeness (QED) is 0.620. The number of β-amino-alcohol motifs (C(OH)–C–C–N with tert-alkyl or cyclic N) is 1. The van der Waals surface area contributed by atoms with Gasteiger partial charge in [-0.05, 0) is 6.42 Å². The molecule has 1 fully saturated rings. The summed E-state index contributed by atoms with van der Waals surface area (Å²) in [6, 6.07) is 0. The van der Waals surface area contributed by atoms with Gasteiger partial charge in [0.2, 0.25) is 0 Å². The average molecular weight is 181 g/mol. The van der Waals surface area contributed by atoms with Crippen molar-refractivity contribution in [3.63, 3.8) is 0 Å². The van der Waals surface area contributed by atoms with Crippen LogP contribution in [0.1, 0.15) is 16.8 Å². The lowest BCUT2D eigenvalue weighted by Gasteiger charge is -2.13. The fourth-order valence-electron chi connectivity index (χ4n) is 1.48. The number of carbonyl (C=O) groups is 1. The van der Waals surface area contributed by atoms with Crippen molar-refractivity contribution in [3.8, 4) is 0 Å². The van der Waals surface area contributed by atoms with E-state index < -0.39 is 0 Å². The second kappa shape index (κ2) is 3.18. The summed E-state index contributed by atoms with van der Waals surface area (Å²) < 4.78 is 0. The fraction of sp³-hybridized carbons (Fsp3) is 0.500. The highest BCUT2D eigenvalue weighted by atomic mass is 16.3. The molecule has 2 N–H and O–H groups in total. The lowest BCUT2D eigenvalue weighted by atomic mass is 10.3. The third-order valence-corrected chi connectivity index (χ3v) is 2.20. The van der Waals surface area contributed by atoms with Crippen LogP contribution < -0.4 is 0 Å².